The lowest BCUT2D eigenvalue weighted by atomic mass is 10.2. The van der Waals surface area contributed by atoms with Crippen molar-refractivity contribution in [2.24, 2.45) is 0 Å². The second-order valence-corrected chi connectivity index (χ2v) is 4.18. The molecule has 0 aliphatic heterocycles. The first-order valence-corrected chi connectivity index (χ1v) is 5.92. The number of fused-ring (bicyclic) bond motifs is 1. The summed E-state index contributed by atoms with van der Waals surface area (Å²) in [4.78, 5) is 11.7. The van der Waals surface area contributed by atoms with E-state index < -0.39 is 5.97 Å². The van der Waals surface area contributed by atoms with Crippen LogP contribution in [-0.4, -0.2) is 32.8 Å². The molecule has 0 aliphatic carbocycles. The number of pyridine rings is 1. The summed E-state index contributed by atoms with van der Waals surface area (Å²) in [5.74, 6) is 0.218. The Balaban J connectivity index is 2.22. The lowest BCUT2D eigenvalue weighted by Crippen LogP contribution is -2.04. The Morgan fingerprint density at radius 3 is 2.85 bits per heavy atom. The maximum absolute atomic E-state index is 11.7. The zero-order chi connectivity index (χ0) is 14.1. The van der Waals surface area contributed by atoms with Crippen LogP contribution >= 0.6 is 0 Å². The first-order valence-electron chi connectivity index (χ1n) is 5.92. The Bertz CT molecular complexity index is 795. The third-order valence-corrected chi connectivity index (χ3v) is 2.94. The summed E-state index contributed by atoms with van der Waals surface area (Å²) in [6.45, 7) is 0. The molecule has 3 rings (SSSR count). The van der Waals surface area contributed by atoms with Gasteiger partial charge in [0.1, 0.15) is 11.3 Å². The highest BCUT2D eigenvalue weighted by molar-refractivity contribution is 5.95. The van der Waals surface area contributed by atoms with E-state index in [1.165, 1.54) is 7.11 Å². The summed E-state index contributed by atoms with van der Waals surface area (Å²) in [6, 6.07) is 10.0. The Labute approximate surface area is 114 Å². The molecule has 0 saturated heterocycles. The molecule has 1 N–H and O–H groups in total. The van der Waals surface area contributed by atoms with Crippen LogP contribution in [0.5, 0.6) is 5.75 Å². The van der Waals surface area contributed by atoms with E-state index >= 15 is 0 Å². The van der Waals surface area contributed by atoms with Crippen molar-refractivity contribution in [2.75, 3.05) is 7.11 Å². The van der Waals surface area contributed by atoms with Gasteiger partial charge in [0.05, 0.1) is 7.11 Å². The Hall–Kier alpha value is -2.89. The van der Waals surface area contributed by atoms with Gasteiger partial charge in [-0.1, -0.05) is 12.1 Å². The smallest absolute Gasteiger partial charge is 0.341 e. The van der Waals surface area contributed by atoms with Crippen LogP contribution in [0.3, 0.4) is 0 Å². The van der Waals surface area contributed by atoms with E-state index in [0.29, 0.717) is 22.6 Å². The van der Waals surface area contributed by atoms with Crippen molar-refractivity contribution in [1.29, 1.82) is 0 Å². The summed E-state index contributed by atoms with van der Waals surface area (Å²) in [6.07, 6.45) is 1.75. The highest BCUT2D eigenvalue weighted by atomic mass is 16.5. The Morgan fingerprint density at radius 1 is 1.25 bits per heavy atom. The van der Waals surface area contributed by atoms with Gasteiger partial charge in [0.2, 0.25) is 0 Å². The van der Waals surface area contributed by atoms with Gasteiger partial charge in [-0.3, -0.25) is 4.40 Å². The van der Waals surface area contributed by atoms with Gasteiger partial charge in [-0.05, 0) is 24.3 Å². The van der Waals surface area contributed by atoms with Crippen molar-refractivity contribution < 1.29 is 14.6 Å². The minimum Gasteiger partial charge on any atom is -0.508 e. The van der Waals surface area contributed by atoms with Crippen LogP contribution in [0.25, 0.3) is 17.0 Å². The van der Waals surface area contributed by atoms with Gasteiger partial charge in [-0.25, -0.2) is 4.79 Å². The van der Waals surface area contributed by atoms with Crippen molar-refractivity contribution in [2.45, 2.75) is 0 Å². The number of hydrogen-bond donors (Lipinski definition) is 1. The summed E-state index contributed by atoms with van der Waals surface area (Å²) in [7, 11) is 1.32. The van der Waals surface area contributed by atoms with Crippen molar-refractivity contribution >= 4 is 11.6 Å². The molecule has 2 aromatic heterocycles. The van der Waals surface area contributed by atoms with Crippen LogP contribution in [-0.2, 0) is 4.74 Å². The molecule has 0 atom stereocenters. The number of carbonyl (C=O) groups excluding carboxylic acids is 1. The first kappa shape index (κ1) is 12.2. The molecule has 0 saturated carbocycles. The van der Waals surface area contributed by atoms with Crippen LogP contribution in [0.2, 0.25) is 0 Å². The van der Waals surface area contributed by atoms with Gasteiger partial charge < -0.3 is 9.84 Å². The SMILES string of the molecule is COC(=O)c1cccn2c(-c3cccc(O)c3)nnc12. The fourth-order valence-corrected chi connectivity index (χ4v) is 2.03. The normalized spacial score (nSPS) is 10.7. The predicted octanol–water partition coefficient (Wildman–Crippen LogP) is 1.89. The van der Waals surface area contributed by atoms with E-state index in [0.717, 1.165) is 0 Å². The molecule has 100 valence electrons. The van der Waals surface area contributed by atoms with Crippen molar-refractivity contribution in [3.05, 3.63) is 48.2 Å². The average molecular weight is 269 g/mol. The summed E-state index contributed by atoms with van der Waals surface area (Å²) < 4.78 is 6.40. The second-order valence-electron chi connectivity index (χ2n) is 4.18. The average Bonchev–Trinajstić information content (AvgIpc) is 2.90. The topological polar surface area (TPSA) is 76.7 Å². The van der Waals surface area contributed by atoms with Gasteiger partial charge >= 0.3 is 5.97 Å². The number of phenolic OH excluding ortho intramolecular Hbond substituents is 1. The first-order chi connectivity index (χ1) is 9.70. The molecule has 0 unspecified atom stereocenters. The number of benzene rings is 1. The van der Waals surface area contributed by atoms with Crippen LogP contribution in [0.1, 0.15) is 10.4 Å². The molecular weight excluding hydrogens is 258 g/mol. The Kier molecular flexibility index (Phi) is 2.83. The van der Waals surface area contributed by atoms with E-state index in [-0.39, 0.29) is 5.75 Å². The molecule has 0 aliphatic rings. The summed E-state index contributed by atoms with van der Waals surface area (Å²) in [5, 5.41) is 17.6. The minimum atomic E-state index is -0.467. The highest BCUT2D eigenvalue weighted by Gasteiger charge is 2.16. The van der Waals surface area contributed by atoms with Gasteiger partial charge in [-0.15, -0.1) is 10.2 Å². The molecule has 0 radical (unpaired) electrons. The zero-order valence-electron chi connectivity index (χ0n) is 10.6. The van der Waals surface area contributed by atoms with Gasteiger partial charge in [0.15, 0.2) is 11.5 Å². The van der Waals surface area contributed by atoms with Crippen LogP contribution in [0, 0.1) is 0 Å². The molecule has 6 heteroatoms. The third kappa shape index (κ3) is 1.87. The Morgan fingerprint density at radius 2 is 2.10 bits per heavy atom. The van der Waals surface area contributed by atoms with Crippen molar-refractivity contribution in [3.8, 4) is 17.1 Å². The van der Waals surface area contributed by atoms with Gasteiger partial charge in [0.25, 0.3) is 0 Å². The molecule has 0 spiro atoms. The number of aromatic hydroxyl groups is 1. The molecule has 1 aromatic carbocycles. The van der Waals surface area contributed by atoms with Gasteiger partial charge in [-0.2, -0.15) is 0 Å². The number of phenols is 1. The highest BCUT2D eigenvalue weighted by Crippen LogP contribution is 2.23. The molecule has 20 heavy (non-hydrogen) atoms. The second kappa shape index (κ2) is 4.65. The number of carbonyl (C=O) groups is 1. The van der Waals surface area contributed by atoms with Gasteiger partial charge in [0, 0.05) is 11.8 Å². The molecule has 6 nitrogen and oxygen atoms in total. The number of rotatable bonds is 2. The number of methoxy groups -OCH3 is 1. The maximum atomic E-state index is 11.7. The predicted molar refractivity (Wildman–Crippen MR) is 71.4 cm³/mol. The lowest BCUT2D eigenvalue weighted by molar-refractivity contribution is 0.0602. The number of aromatic nitrogens is 3. The van der Waals surface area contributed by atoms with Crippen LogP contribution in [0.4, 0.5) is 0 Å². The lowest BCUT2D eigenvalue weighted by Gasteiger charge is -2.03. The quantitative estimate of drug-likeness (QED) is 0.719. The van der Waals surface area contributed by atoms with E-state index in [2.05, 4.69) is 10.2 Å². The summed E-state index contributed by atoms with van der Waals surface area (Å²) >= 11 is 0. The number of ether oxygens (including phenoxy) is 1. The van der Waals surface area contributed by atoms with Crippen LogP contribution < -0.4 is 0 Å². The van der Waals surface area contributed by atoms with Crippen molar-refractivity contribution in [1.82, 2.24) is 14.6 Å². The zero-order valence-corrected chi connectivity index (χ0v) is 10.6. The summed E-state index contributed by atoms with van der Waals surface area (Å²) in [5.41, 5.74) is 1.46. The molecule has 2 heterocycles. The molecular formula is C14H11N3O3. The van der Waals surface area contributed by atoms with E-state index in [1.807, 2.05) is 0 Å². The standard InChI is InChI=1S/C14H11N3O3/c1-20-14(19)11-6-3-7-17-12(15-16-13(11)17)9-4-2-5-10(18)8-9/h2-8,18H,1H3. The molecule has 0 bridgehead atoms. The van der Waals surface area contributed by atoms with Crippen LogP contribution in [0.15, 0.2) is 42.6 Å². The van der Waals surface area contributed by atoms with E-state index in [9.17, 15) is 9.90 Å². The maximum Gasteiger partial charge on any atom is 0.341 e. The number of esters is 1. The van der Waals surface area contributed by atoms with Crippen molar-refractivity contribution in [3.63, 3.8) is 0 Å². The largest absolute Gasteiger partial charge is 0.508 e. The number of hydrogen-bond acceptors (Lipinski definition) is 5. The molecule has 0 fully saturated rings. The van der Waals surface area contributed by atoms with E-state index in [4.69, 9.17) is 4.74 Å². The third-order valence-electron chi connectivity index (χ3n) is 2.94. The number of nitrogens with zero attached hydrogens (tertiary/aromatic N) is 3. The molecule has 3 aromatic rings. The minimum absolute atomic E-state index is 0.142. The fraction of sp³-hybridized carbons (Fsp3) is 0.0714. The van der Waals surface area contributed by atoms with E-state index in [1.54, 1.807) is 47.0 Å². The molecule has 0 amide bonds. The fourth-order valence-electron chi connectivity index (χ4n) is 2.03. The monoisotopic (exact) mass is 269 g/mol.